The van der Waals surface area contributed by atoms with Crippen LogP contribution in [0.15, 0.2) is 546 Å². The zero-order valence-electron chi connectivity index (χ0n) is 79.4. The van der Waals surface area contributed by atoms with Crippen molar-refractivity contribution in [2.45, 2.75) is 14.9 Å². The van der Waals surface area contributed by atoms with E-state index in [1.807, 2.05) is 103 Å². The summed E-state index contributed by atoms with van der Waals surface area (Å²) < 4.78 is 16.0. The third kappa shape index (κ3) is 20.5. The Labute approximate surface area is 908 Å². The second kappa shape index (κ2) is 44.8. The van der Waals surface area contributed by atoms with Gasteiger partial charge < -0.3 is 42.9 Å². The zero-order valence-corrected chi connectivity index (χ0v) is 85.8. The lowest BCUT2D eigenvalue weighted by Crippen LogP contribution is -2.29. The molecule has 0 unspecified atom stereocenters. The van der Waals surface area contributed by atoms with Gasteiger partial charge in [0.25, 0.3) is 0 Å². The second-order valence-electron chi connectivity index (χ2n) is 36.4. The van der Waals surface area contributed by atoms with E-state index in [0.717, 1.165) is 68.5 Å². The van der Waals surface area contributed by atoms with Crippen molar-refractivity contribution in [3.05, 3.63) is 546 Å². The number of nitrogens with zero attached hydrogens (tertiary/aromatic N) is 5. The van der Waals surface area contributed by atoms with Gasteiger partial charge in [0.05, 0.1) is 55.2 Å². The first kappa shape index (κ1) is 101. The van der Waals surface area contributed by atoms with Gasteiger partial charge in [-0.05, 0) is 265 Å². The van der Waals surface area contributed by atoms with E-state index in [1.165, 1.54) is 165 Å². The quantitative estimate of drug-likeness (QED) is 0.0814. The summed E-state index contributed by atoms with van der Waals surface area (Å²) in [6.07, 6.45) is 0. The maximum atomic E-state index is 9.42. The number of halogens is 4. The van der Waals surface area contributed by atoms with Crippen molar-refractivity contribution in [3.63, 3.8) is 0 Å². The first-order valence-electron chi connectivity index (χ1n) is 48.8. The molecule has 726 valence electrons. The highest BCUT2D eigenvalue weighted by atomic mass is 79.9. The summed E-state index contributed by atoms with van der Waals surface area (Å²) in [5.41, 5.74) is 34.8. The lowest BCUT2D eigenvalue weighted by molar-refractivity contribution is 0.424. The average molecular weight is 2200 g/mol. The van der Waals surface area contributed by atoms with Crippen molar-refractivity contribution in [1.82, 2.24) is 22.8 Å². The lowest BCUT2D eigenvalue weighted by atomic mass is 9.80. The van der Waals surface area contributed by atoms with Crippen LogP contribution in [0, 0.1) is 0 Å². The fourth-order valence-corrected chi connectivity index (χ4v) is 23.6. The number of para-hydroxylation sites is 10. The first-order valence-corrected chi connectivity index (χ1v) is 51.9. The van der Waals surface area contributed by atoms with Crippen molar-refractivity contribution in [2.75, 3.05) is 0 Å². The molecule has 27 aromatic rings. The van der Waals surface area contributed by atoms with Crippen LogP contribution >= 0.6 is 63.7 Å². The monoisotopic (exact) mass is 2190 g/mol. The molecule has 22 aromatic carbocycles. The van der Waals surface area contributed by atoms with Crippen molar-refractivity contribution in [1.29, 1.82) is 0 Å². The summed E-state index contributed by atoms with van der Waals surface area (Å²) in [6.45, 7) is 0. The van der Waals surface area contributed by atoms with Crippen LogP contribution < -0.4 is 10.9 Å². The Kier molecular flexibility index (Phi) is 30.2. The minimum atomic E-state index is -1.46. The van der Waals surface area contributed by atoms with Gasteiger partial charge in [-0.15, -0.1) is 0 Å². The van der Waals surface area contributed by atoms with Crippen LogP contribution in [-0.4, -0.2) is 65.6 Å². The molecule has 0 aliphatic carbocycles. The normalized spacial score (nSPS) is 11.0. The number of hydrogen-bond donors (Lipinski definition) is 4. The molecule has 0 spiro atoms. The molecule has 5 heterocycles. The van der Waals surface area contributed by atoms with Crippen molar-refractivity contribution >= 4 is 206 Å². The highest BCUT2D eigenvalue weighted by Gasteiger charge is 2.23. The minimum absolute atomic E-state index is 0. The molecule has 5 aromatic heterocycles. The highest BCUT2D eigenvalue weighted by Crippen LogP contribution is 2.44. The number of hydrogen-bond acceptors (Lipinski definition) is 4. The molecule has 4 N–H and O–H groups in total. The topological polar surface area (TPSA) is 106 Å². The van der Waals surface area contributed by atoms with Gasteiger partial charge in [0, 0.05) is 100 Å². The van der Waals surface area contributed by atoms with Gasteiger partial charge in [0.15, 0.2) is 0 Å². The molecule has 0 saturated heterocycles. The molecular weight excluding hydrogens is 2100 g/mol. The van der Waals surface area contributed by atoms with E-state index in [1.54, 1.807) is 18.2 Å². The Morgan fingerprint density at radius 2 is 0.313 bits per heavy atom. The molecule has 0 aliphatic heterocycles. The molecule has 150 heavy (non-hydrogen) atoms. The molecule has 0 aliphatic rings. The molecule has 0 bridgehead atoms. The van der Waals surface area contributed by atoms with E-state index >= 15 is 0 Å². The maximum absolute atomic E-state index is 9.42. The van der Waals surface area contributed by atoms with E-state index in [-0.39, 0.29) is 23.3 Å². The Bertz CT molecular complexity index is 8930. The van der Waals surface area contributed by atoms with Crippen LogP contribution in [0.2, 0.25) is 0 Å². The zero-order chi connectivity index (χ0) is 99.5. The summed E-state index contributed by atoms with van der Waals surface area (Å²) in [7, 11) is -2.86. The maximum Gasteiger partial charge on any atom is 0.488 e. The van der Waals surface area contributed by atoms with E-state index in [4.69, 9.17) is 10.0 Å². The molecule has 0 amide bonds. The number of rotatable bonds is 14. The van der Waals surface area contributed by atoms with Crippen LogP contribution in [0.5, 0.6) is 0 Å². The third-order valence-electron chi connectivity index (χ3n) is 27.4. The van der Waals surface area contributed by atoms with Crippen LogP contribution in [0.3, 0.4) is 0 Å². The van der Waals surface area contributed by atoms with Crippen LogP contribution in [-0.2, 0) is 0 Å². The molecule has 0 fully saturated rings. The van der Waals surface area contributed by atoms with E-state index in [9.17, 15) is 10.0 Å². The summed E-state index contributed by atoms with van der Waals surface area (Å²) in [6, 6.07) is 186. The SMILES string of the molecule is Brc1cc(-c2cccc(-n3c4ccccc4c4ccccc43)c2)cc(-c2cccc(-n3c4ccccc4c4ccccc43)c2)c1.Brc1cc(Br)cc(Br)c1.C.C.OB(O)c1ccc(-c2ccccc2)cc1.OB(O)c1cccc(-n2c3ccccc3c3ccccc32)c1.[BH4-].c1ccc(-c2ccc(-c3cc(-c4cccc(-n5c6ccccc6c6ccccc65)c4)cc(-c4cccc(-n5c6ccccc6c6ccccc65)c4)c3)cc2)cc1. The fraction of sp³-hybridized carbons (Fsp3) is 0.0149. The van der Waals surface area contributed by atoms with Gasteiger partial charge in [-0.1, -0.05) is 439 Å². The van der Waals surface area contributed by atoms with E-state index in [0.29, 0.717) is 10.9 Å². The Morgan fingerprint density at radius 1 is 0.140 bits per heavy atom. The molecule has 0 radical (unpaired) electrons. The van der Waals surface area contributed by atoms with Gasteiger partial charge >= 0.3 is 14.2 Å². The summed E-state index contributed by atoms with van der Waals surface area (Å²) >= 11 is 13.9. The lowest BCUT2D eigenvalue weighted by Gasteiger charge is -2.15. The average Bonchev–Trinajstić information content (AvgIpc) is 1.60. The molecule has 16 heteroatoms. The van der Waals surface area contributed by atoms with Gasteiger partial charge in [-0.2, -0.15) is 0 Å². The number of fused-ring (bicyclic) bond motifs is 15. The molecule has 0 saturated carbocycles. The summed E-state index contributed by atoms with van der Waals surface area (Å²) in [4.78, 5) is 0. The van der Waals surface area contributed by atoms with E-state index < -0.39 is 14.2 Å². The predicted molar refractivity (Wildman–Crippen MR) is 657 cm³/mol. The third-order valence-corrected chi connectivity index (χ3v) is 29.2. The molecule has 0 atom stereocenters. The van der Waals surface area contributed by atoms with Gasteiger partial charge in [0.1, 0.15) is 0 Å². The largest absolute Gasteiger partial charge is 0.488 e. The predicted octanol–water partition coefficient (Wildman–Crippen LogP) is 33.8. The van der Waals surface area contributed by atoms with Crippen LogP contribution in [0.4, 0.5) is 0 Å². The Balaban J connectivity index is 0.000000128. The standard InChI is InChI=1S/C54H36N2.C42H27BrN2.C18H14BNO2.C12H11BO2.C6H3Br3.2CH4.BH4/c1-2-14-37(15-3-1)38-28-30-39(31-29-38)42-32-43(40-16-12-18-45(35-40)55-51-24-8-4-20-47(51)48-21-5-9-25-52(48)55)34-44(33-42)41-17-13-19-46(36-41)56-53-26-10-6-22-49(53)50-23-7-11-27-54(50)56;43-32-24-30(28-11-9-13-33(26-28)44-39-19-5-1-15-35(39)36-16-2-6-20-40(36)44)23-31(25-32)29-12-10-14-34(27-29)45-41-21-7-3-17-37(41)38-18-4-8-22-42(38)45;21-19(22)13-6-5-7-14(12-13)20-17-10-3-1-8-15(17)16-9-2-4-11-18(16)20;14-13(15)12-8-6-11(7-9-12)10-4-2-1-3-5-10;7-4-1-5(8)3-6(9)2-4;;;/h1-36H;1-27H;1-12,21-22H;1-9,14-15H;1-3H;3*1H4/q;;;;;;;-1. The molecule has 27 rings (SSSR count). The smallest absolute Gasteiger partial charge is 0.423 e. The highest BCUT2D eigenvalue weighted by molar-refractivity contribution is 9.11. The van der Waals surface area contributed by atoms with Gasteiger partial charge in [-0.3, -0.25) is 0 Å². The Hall–Kier alpha value is -16.2. The van der Waals surface area contributed by atoms with Gasteiger partial charge in [-0.25, -0.2) is 0 Å². The summed E-state index contributed by atoms with van der Waals surface area (Å²) in [5.74, 6) is 0. The minimum Gasteiger partial charge on any atom is -0.423 e. The number of aromatic nitrogens is 5. The van der Waals surface area contributed by atoms with Crippen LogP contribution in [0.25, 0.3) is 215 Å². The van der Waals surface area contributed by atoms with Crippen molar-refractivity contribution in [2.24, 2.45) is 0 Å². The second-order valence-corrected chi connectivity index (χ2v) is 40.1. The van der Waals surface area contributed by atoms with Crippen LogP contribution in [0.1, 0.15) is 14.9 Å². The molecule has 9 nitrogen and oxygen atoms in total. The molecular formula is C134H103B3Br4N5O4-. The van der Waals surface area contributed by atoms with Crippen molar-refractivity contribution in [3.8, 4) is 106 Å². The summed E-state index contributed by atoms with van der Waals surface area (Å²) in [5, 5.41) is 49.2. The first-order chi connectivity index (χ1) is 72.2. The Morgan fingerprint density at radius 3 is 0.553 bits per heavy atom. The van der Waals surface area contributed by atoms with E-state index in [2.05, 4.69) is 493 Å². The fourth-order valence-electron chi connectivity index (χ4n) is 20.7. The van der Waals surface area contributed by atoms with Crippen molar-refractivity contribution < 1.29 is 20.1 Å². The van der Waals surface area contributed by atoms with Gasteiger partial charge in [0.2, 0.25) is 0 Å². The number of benzene rings is 22.